The van der Waals surface area contributed by atoms with Crippen molar-refractivity contribution in [2.75, 3.05) is 0 Å². The number of pyridine rings is 1. The third-order valence-electron chi connectivity index (χ3n) is 3.56. The number of nitrogens with one attached hydrogen (secondary N) is 1. The van der Waals surface area contributed by atoms with E-state index in [-0.39, 0.29) is 11.3 Å². The first-order valence-corrected chi connectivity index (χ1v) is 7.09. The zero-order chi connectivity index (χ0) is 16.2. The first-order chi connectivity index (χ1) is 11.1. The molecule has 3 rings (SSSR count). The van der Waals surface area contributed by atoms with E-state index in [2.05, 4.69) is 10.3 Å². The average Bonchev–Trinajstić information content (AvgIpc) is 2.59. The Morgan fingerprint density at radius 2 is 1.83 bits per heavy atom. The topological polar surface area (TPSA) is 79.3 Å². The molecule has 0 aliphatic heterocycles. The Bertz CT molecular complexity index is 885. The lowest BCUT2D eigenvalue weighted by Gasteiger charge is -2.08. The van der Waals surface area contributed by atoms with Crippen LogP contribution in [0.5, 0.6) is 0 Å². The van der Waals surface area contributed by atoms with E-state index in [1.165, 1.54) is 18.3 Å². The van der Waals surface area contributed by atoms with Crippen molar-refractivity contribution in [1.29, 1.82) is 0 Å². The van der Waals surface area contributed by atoms with E-state index >= 15 is 0 Å². The molecule has 0 spiro atoms. The molecule has 1 heterocycles. The number of carbonyl (C=O) groups is 2. The zero-order valence-corrected chi connectivity index (χ0v) is 12.2. The summed E-state index contributed by atoms with van der Waals surface area (Å²) in [6, 6.07) is 16.4. The maximum Gasteiger partial charge on any atom is 0.335 e. The van der Waals surface area contributed by atoms with Crippen molar-refractivity contribution >= 4 is 22.6 Å². The summed E-state index contributed by atoms with van der Waals surface area (Å²) in [5.74, 6) is -1.49. The molecule has 1 amide bonds. The largest absolute Gasteiger partial charge is 0.478 e. The molecular weight excluding hydrogens is 292 g/mol. The fraction of sp³-hybridized carbons (Fsp3) is 0.0556. The van der Waals surface area contributed by atoms with Crippen LogP contribution in [0.25, 0.3) is 10.8 Å². The van der Waals surface area contributed by atoms with Crippen LogP contribution in [0.1, 0.15) is 26.4 Å². The molecule has 5 heteroatoms. The molecule has 23 heavy (non-hydrogen) atoms. The zero-order valence-electron chi connectivity index (χ0n) is 12.2. The molecule has 1 aromatic heterocycles. The summed E-state index contributed by atoms with van der Waals surface area (Å²) in [7, 11) is 0. The molecule has 0 aliphatic rings. The normalized spacial score (nSPS) is 10.4. The molecule has 0 aliphatic carbocycles. The Kier molecular flexibility index (Phi) is 4.01. The monoisotopic (exact) mass is 306 g/mol. The Hall–Kier alpha value is -3.21. The number of aromatic nitrogens is 1. The third-order valence-corrected chi connectivity index (χ3v) is 3.56. The van der Waals surface area contributed by atoms with Gasteiger partial charge in [0.05, 0.1) is 5.56 Å². The molecular formula is C18H14N2O3. The van der Waals surface area contributed by atoms with Gasteiger partial charge in [-0.05, 0) is 28.5 Å². The lowest BCUT2D eigenvalue weighted by molar-refractivity contribution is 0.0696. The number of fused-ring (bicyclic) bond motifs is 1. The molecule has 0 bridgehead atoms. The summed E-state index contributed by atoms with van der Waals surface area (Å²) in [6.07, 6.45) is 1.32. The van der Waals surface area contributed by atoms with Gasteiger partial charge in [-0.25, -0.2) is 4.79 Å². The van der Waals surface area contributed by atoms with Gasteiger partial charge < -0.3 is 10.4 Å². The van der Waals surface area contributed by atoms with Crippen LogP contribution in [0.3, 0.4) is 0 Å². The summed E-state index contributed by atoms with van der Waals surface area (Å²) in [5.41, 5.74) is 1.12. The summed E-state index contributed by atoms with van der Waals surface area (Å²) >= 11 is 0. The maximum atomic E-state index is 12.2. The number of benzene rings is 2. The summed E-state index contributed by atoms with van der Waals surface area (Å²) in [6.45, 7) is 0.346. The van der Waals surface area contributed by atoms with Gasteiger partial charge >= 0.3 is 5.97 Å². The number of hydrogen-bond donors (Lipinski definition) is 2. The lowest BCUT2D eigenvalue weighted by atomic mass is 10.0. The quantitative estimate of drug-likeness (QED) is 0.777. The SMILES string of the molecule is O=C(O)c1ccnc(C(=O)NCc2cccc3ccccc23)c1. The van der Waals surface area contributed by atoms with Crippen molar-refractivity contribution in [3.8, 4) is 0 Å². The highest BCUT2D eigenvalue weighted by Gasteiger charge is 2.11. The summed E-state index contributed by atoms with van der Waals surface area (Å²) in [4.78, 5) is 27.0. The Morgan fingerprint density at radius 1 is 1.04 bits per heavy atom. The predicted molar refractivity (Wildman–Crippen MR) is 86.3 cm³/mol. The molecule has 2 N–H and O–H groups in total. The van der Waals surface area contributed by atoms with Crippen LogP contribution < -0.4 is 5.32 Å². The number of aromatic carboxylic acids is 1. The van der Waals surface area contributed by atoms with Gasteiger partial charge in [-0.3, -0.25) is 9.78 Å². The first kappa shape index (κ1) is 14.7. The molecule has 0 unspecified atom stereocenters. The second kappa shape index (κ2) is 6.27. The number of amides is 1. The van der Waals surface area contributed by atoms with Gasteiger partial charge in [-0.2, -0.15) is 0 Å². The highest BCUT2D eigenvalue weighted by molar-refractivity contribution is 5.96. The van der Waals surface area contributed by atoms with Crippen molar-refractivity contribution in [2.45, 2.75) is 6.54 Å². The Balaban J connectivity index is 1.78. The molecule has 0 atom stereocenters. The summed E-state index contributed by atoms with van der Waals surface area (Å²) in [5, 5.41) is 13.9. The minimum atomic E-state index is -1.09. The van der Waals surface area contributed by atoms with Gasteiger partial charge in [0.15, 0.2) is 0 Å². The van der Waals surface area contributed by atoms with Crippen LogP contribution in [-0.4, -0.2) is 22.0 Å². The van der Waals surface area contributed by atoms with Gasteiger partial charge in [-0.15, -0.1) is 0 Å². The van der Waals surface area contributed by atoms with E-state index in [0.29, 0.717) is 6.54 Å². The van der Waals surface area contributed by atoms with Crippen LogP contribution in [0.4, 0.5) is 0 Å². The van der Waals surface area contributed by atoms with E-state index in [9.17, 15) is 9.59 Å². The van der Waals surface area contributed by atoms with E-state index in [4.69, 9.17) is 5.11 Å². The highest BCUT2D eigenvalue weighted by Crippen LogP contribution is 2.18. The minimum absolute atomic E-state index is 0.0373. The van der Waals surface area contributed by atoms with Crippen LogP contribution in [-0.2, 0) is 6.54 Å². The smallest absolute Gasteiger partial charge is 0.335 e. The molecule has 0 radical (unpaired) electrons. The Morgan fingerprint density at radius 3 is 2.65 bits per heavy atom. The standard InChI is InChI=1S/C18H14N2O3/c21-17(16-10-13(18(22)23)8-9-19-16)20-11-14-6-3-5-12-4-1-2-7-15(12)14/h1-10H,11H2,(H,20,21)(H,22,23). The van der Waals surface area contributed by atoms with E-state index in [1.807, 2.05) is 42.5 Å². The molecule has 2 aromatic carbocycles. The highest BCUT2D eigenvalue weighted by atomic mass is 16.4. The van der Waals surface area contributed by atoms with Crippen LogP contribution in [0.15, 0.2) is 60.8 Å². The minimum Gasteiger partial charge on any atom is -0.478 e. The van der Waals surface area contributed by atoms with Crippen molar-refractivity contribution in [2.24, 2.45) is 0 Å². The second-order valence-electron chi connectivity index (χ2n) is 5.06. The van der Waals surface area contributed by atoms with E-state index in [0.717, 1.165) is 16.3 Å². The number of carboxylic acid groups (broad SMARTS) is 1. The third kappa shape index (κ3) is 3.18. The van der Waals surface area contributed by atoms with Gasteiger partial charge in [-0.1, -0.05) is 42.5 Å². The Labute approximate surface area is 132 Å². The average molecular weight is 306 g/mol. The molecule has 0 fully saturated rings. The molecule has 114 valence electrons. The van der Waals surface area contributed by atoms with Crippen LogP contribution in [0.2, 0.25) is 0 Å². The molecule has 0 saturated carbocycles. The van der Waals surface area contributed by atoms with Crippen molar-refractivity contribution in [1.82, 2.24) is 10.3 Å². The molecule has 0 saturated heterocycles. The van der Waals surface area contributed by atoms with Crippen molar-refractivity contribution in [3.63, 3.8) is 0 Å². The fourth-order valence-corrected chi connectivity index (χ4v) is 2.40. The lowest BCUT2D eigenvalue weighted by Crippen LogP contribution is -2.24. The fourth-order valence-electron chi connectivity index (χ4n) is 2.40. The number of carboxylic acids is 1. The van der Waals surface area contributed by atoms with Gasteiger partial charge in [0.1, 0.15) is 5.69 Å². The van der Waals surface area contributed by atoms with Crippen molar-refractivity contribution < 1.29 is 14.7 Å². The van der Waals surface area contributed by atoms with E-state index in [1.54, 1.807) is 0 Å². The number of nitrogens with zero attached hydrogens (tertiary/aromatic N) is 1. The second-order valence-corrected chi connectivity index (χ2v) is 5.06. The number of carbonyl (C=O) groups excluding carboxylic acids is 1. The van der Waals surface area contributed by atoms with E-state index < -0.39 is 11.9 Å². The molecule has 3 aromatic rings. The molecule has 5 nitrogen and oxygen atoms in total. The van der Waals surface area contributed by atoms with Gasteiger partial charge in [0.2, 0.25) is 0 Å². The van der Waals surface area contributed by atoms with Crippen LogP contribution in [0, 0.1) is 0 Å². The summed E-state index contributed by atoms with van der Waals surface area (Å²) < 4.78 is 0. The van der Waals surface area contributed by atoms with Crippen LogP contribution >= 0.6 is 0 Å². The first-order valence-electron chi connectivity index (χ1n) is 7.09. The maximum absolute atomic E-state index is 12.2. The predicted octanol–water partition coefficient (Wildman–Crippen LogP) is 2.86. The van der Waals surface area contributed by atoms with Crippen molar-refractivity contribution in [3.05, 3.63) is 77.6 Å². The van der Waals surface area contributed by atoms with Gasteiger partial charge in [0.25, 0.3) is 5.91 Å². The number of hydrogen-bond acceptors (Lipinski definition) is 3. The van der Waals surface area contributed by atoms with Gasteiger partial charge in [0, 0.05) is 12.7 Å². The number of rotatable bonds is 4.